The highest BCUT2D eigenvalue weighted by molar-refractivity contribution is 5.90. The van der Waals surface area contributed by atoms with Gasteiger partial charge in [-0.15, -0.1) is 0 Å². The first-order chi connectivity index (χ1) is 15.4. The van der Waals surface area contributed by atoms with Crippen LogP contribution in [0.25, 0.3) is 0 Å². The fraction of sp³-hybridized carbons (Fsp3) is 0.552. The molecule has 4 heteroatoms. The average molecular weight is 460 g/mol. The van der Waals surface area contributed by atoms with Crippen molar-refractivity contribution in [1.29, 1.82) is 0 Å². The molecule has 1 unspecified atom stereocenters. The number of rotatable bonds is 6. The van der Waals surface area contributed by atoms with Crippen molar-refractivity contribution in [3.05, 3.63) is 60.7 Å². The van der Waals surface area contributed by atoms with Gasteiger partial charge in [-0.2, -0.15) is 0 Å². The number of carbonyl (C=O) groups is 1. The molecule has 188 valence electrons. The molecular formula is C29H49NO3. The number of hydrogen-bond acceptors (Lipinski definition) is 3. The topological polar surface area (TPSA) is 58.6 Å². The summed E-state index contributed by atoms with van der Waals surface area (Å²) >= 11 is 0. The largest absolute Gasteiger partial charge is 0.491 e. The van der Waals surface area contributed by atoms with E-state index in [1.807, 2.05) is 88.4 Å². The lowest BCUT2D eigenvalue weighted by atomic mass is 9.89. The van der Waals surface area contributed by atoms with Crippen molar-refractivity contribution in [3.63, 3.8) is 0 Å². The van der Waals surface area contributed by atoms with Crippen molar-refractivity contribution in [1.82, 2.24) is 0 Å². The number of hydrogen-bond donors (Lipinski definition) is 2. The van der Waals surface area contributed by atoms with Gasteiger partial charge in [0.05, 0.1) is 6.10 Å². The van der Waals surface area contributed by atoms with Gasteiger partial charge in [-0.1, -0.05) is 106 Å². The molecule has 0 aliphatic heterocycles. The summed E-state index contributed by atoms with van der Waals surface area (Å²) in [6.07, 6.45) is 0.895. The van der Waals surface area contributed by atoms with Gasteiger partial charge in [0.2, 0.25) is 5.91 Å². The van der Waals surface area contributed by atoms with E-state index >= 15 is 0 Å². The van der Waals surface area contributed by atoms with Crippen molar-refractivity contribution < 1.29 is 14.6 Å². The van der Waals surface area contributed by atoms with Crippen LogP contribution in [0.3, 0.4) is 0 Å². The van der Waals surface area contributed by atoms with Crippen molar-refractivity contribution in [2.75, 3.05) is 11.9 Å². The Balaban J connectivity index is 0. The molecule has 33 heavy (non-hydrogen) atoms. The van der Waals surface area contributed by atoms with Gasteiger partial charge in [0, 0.05) is 12.1 Å². The van der Waals surface area contributed by atoms with Gasteiger partial charge in [-0.05, 0) is 41.5 Å². The third-order valence-corrected chi connectivity index (χ3v) is 3.78. The average Bonchev–Trinajstić information content (AvgIpc) is 2.74. The van der Waals surface area contributed by atoms with E-state index in [1.165, 1.54) is 0 Å². The molecule has 0 spiro atoms. The predicted molar refractivity (Wildman–Crippen MR) is 144 cm³/mol. The highest BCUT2D eigenvalue weighted by Crippen LogP contribution is 2.21. The smallest absolute Gasteiger partial charge is 0.224 e. The fourth-order valence-corrected chi connectivity index (χ4v) is 2.68. The Hall–Kier alpha value is -2.33. The first kappa shape index (κ1) is 32.8. The number of nitrogens with one attached hydrogen (secondary N) is 1. The molecule has 1 amide bonds. The molecule has 4 nitrogen and oxygen atoms in total. The number of aliphatic hydroxyl groups is 1. The van der Waals surface area contributed by atoms with E-state index in [1.54, 1.807) is 0 Å². The summed E-state index contributed by atoms with van der Waals surface area (Å²) in [4.78, 5) is 11.5. The summed E-state index contributed by atoms with van der Waals surface area (Å²) in [5, 5.41) is 12.6. The molecule has 0 saturated carbocycles. The standard InChI is InChI=1S/C13H20O2.C12H17NO.2C2H6/c1-13(2,3)9-11(14)10-15-12-7-5-4-6-8-12;1-12(2,3)9-11(14)13-10-7-5-4-6-8-10;2*1-2/h4-8,11,14H,9-10H2,1-3H3;4-8H,9H2,1-3H3,(H,13,14);2*1-2H3. The fourth-order valence-electron chi connectivity index (χ4n) is 2.68. The second-order valence-electron chi connectivity index (χ2n) is 9.69. The molecule has 2 aromatic rings. The maximum atomic E-state index is 11.5. The molecule has 2 aromatic carbocycles. The number of amides is 1. The summed E-state index contributed by atoms with van der Waals surface area (Å²) in [5.41, 5.74) is 1.04. The molecule has 1 atom stereocenters. The van der Waals surface area contributed by atoms with E-state index in [4.69, 9.17) is 4.74 Å². The van der Waals surface area contributed by atoms with Gasteiger partial charge in [0.15, 0.2) is 0 Å². The highest BCUT2D eigenvalue weighted by Gasteiger charge is 2.17. The molecule has 0 fully saturated rings. The van der Waals surface area contributed by atoms with Crippen molar-refractivity contribution in [3.8, 4) is 5.75 Å². The van der Waals surface area contributed by atoms with Crippen LogP contribution in [0.4, 0.5) is 5.69 Å². The molecule has 0 aromatic heterocycles. The van der Waals surface area contributed by atoms with Gasteiger partial charge in [0.25, 0.3) is 0 Å². The molecule has 0 bridgehead atoms. The Morgan fingerprint density at radius 3 is 1.70 bits per heavy atom. The molecule has 0 radical (unpaired) electrons. The third kappa shape index (κ3) is 21.3. The molecule has 0 heterocycles. The maximum Gasteiger partial charge on any atom is 0.224 e. The van der Waals surface area contributed by atoms with Crippen LogP contribution in [-0.4, -0.2) is 23.7 Å². The van der Waals surface area contributed by atoms with E-state index < -0.39 is 6.10 Å². The number of carbonyl (C=O) groups excluding carboxylic acids is 1. The van der Waals surface area contributed by atoms with E-state index in [9.17, 15) is 9.90 Å². The zero-order valence-electron chi connectivity index (χ0n) is 22.7. The van der Waals surface area contributed by atoms with E-state index in [-0.39, 0.29) is 16.7 Å². The lowest BCUT2D eigenvalue weighted by Crippen LogP contribution is -2.23. The summed E-state index contributed by atoms with van der Waals surface area (Å²) in [5.74, 6) is 0.883. The molecule has 2 N–H and O–H groups in total. The Bertz CT molecular complexity index is 701. The first-order valence-corrected chi connectivity index (χ1v) is 12.2. The minimum absolute atomic E-state index is 0.0405. The Labute approximate surface area is 203 Å². The van der Waals surface area contributed by atoms with Gasteiger partial charge in [-0.25, -0.2) is 0 Å². The molecule has 2 rings (SSSR count). The highest BCUT2D eigenvalue weighted by atomic mass is 16.5. The number of para-hydroxylation sites is 2. The van der Waals surface area contributed by atoms with E-state index in [0.717, 1.165) is 17.9 Å². The molecule has 0 aliphatic rings. The number of ether oxygens (including phenoxy) is 1. The monoisotopic (exact) mass is 459 g/mol. The van der Waals surface area contributed by atoms with Crippen LogP contribution in [0.15, 0.2) is 60.7 Å². The molecule has 0 aliphatic carbocycles. The number of benzene rings is 2. The van der Waals surface area contributed by atoms with Crippen molar-refractivity contribution in [2.24, 2.45) is 10.8 Å². The Kier molecular flexibility index (Phi) is 18.1. The van der Waals surface area contributed by atoms with Crippen LogP contribution in [0, 0.1) is 10.8 Å². The quantitative estimate of drug-likeness (QED) is 0.460. The minimum Gasteiger partial charge on any atom is -0.491 e. The van der Waals surface area contributed by atoms with Gasteiger partial charge in [0.1, 0.15) is 12.4 Å². The molecular weight excluding hydrogens is 410 g/mol. The summed E-state index contributed by atoms with van der Waals surface area (Å²) in [7, 11) is 0. The van der Waals surface area contributed by atoms with Crippen LogP contribution >= 0.6 is 0 Å². The Morgan fingerprint density at radius 2 is 1.27 bits per heavy atom. The van der Waals surface area contributed by atoms with Gasteiger partial charge < -0.3 is 15.2 Å². The van der Waals surface area contributed by atoms with E-state index in [2.05, 4.69) is 46.9 Å². The number of aliphatic hydroxyl groups excluding tert-OH is 1. The minimum atomic E-state index is -0.398. The summed E-state index contributed by atoms with van der Waals surface area (Å²) in [6.45, 7) is 20.9. The predicted octanol–water partition coefficient (Wildman–Crippen LogP) is 7.98. The second kappa shape index (κ2) is 18.1. The van der Waals surface area contributed by atoms with Crippen molar-refractivity contribution >= 4 is 11.6 Å². The Morgan fingerprint density at radius 1 is 0.818 bits per heavy atom. The van der Waals surface area contributed by atoms with Gasteiger partial charge >= 0.3 is 0 Å². The normalized spacial score (nSPS) is 11.2. The van der Waals surface area contributed by atoms with Crippen LogP contribution in [0.2, 0.25) is 0 Å². The maximum absolute atomic E-state index is 11.5. The van der Waals surface area contributed by atoms with E-state index in [0.29, 0.717) is 13.0 Å². The first-order valence-electron chi connectivity index (χ1n) is 12.2. The van der Waals surface area contributed by atoms with Crippen LogP contribution in [0.5, 0.6) is 5.75 Å². The SMILES string of the molecule is CC.CC.CC(C)(C)CC(=O)Nc1ccccc1.CC(C)(C)CC(O)COc1ccccc1. The van der Waals surface area contributed by atoms with Crippen LogP contribution in [-0.2, 0) is 4.79 Å². The van der Waals surface area contributed by atoms with Crippen LogP contribution in [0.1, 0.15) is 82.1 Å². The lowest BCUT2D eigenvalue weighted by Gasteiger charge is -2.22. The number of anilines is 1. The van der Waals surface area contributed by atoms with Crippen LogP contribution < -0.4 is 10.1 Å². The second-order valence-corrected chi connectivity index (χ2v) is 9.69. The zero-order valence-corrected chi connectivity index (χ0v) is 22.7. The van der Waals surface area contributed by atoms with Crippen molar-refractivity contribution in [2.45, 2.75) is 88.2 Å². The molecule has 0 saturated heterocycles. The lowest BCUT2D eigenvalue weighted by molar-refractivity contribution is -0.117. The van der Waals surface area contributed by atoms with Gasteiger partial charge in [-0.3, -0.25) is 4.79 Å². The summed E-state index contributed by atoms with van der Waals surface area (Å²) in [6, 6.07) is 19.1. The zero-order chi connectivity index (χ0) is 25.9. The summed E-state index contributed by atoms with van der Waals surface area (Å²) < 4.78 is 5.46. The third-order valence-electron chi connectivity index (χ3n) is 3.78.